The molecule has 26 heavy (non-hydrogen) atoms. The van der Waals surface area contributed by atoms with Crippen molar-refractivity contribution in [3.8, 4) is 0 Å². The number of nitrogens with one attached hydrogen (secondary N) is 2. The van der Waals surface area contributed by atoms with Gasteiger partial charge in [-0.2, -0.15) is 0 Å². The molecule has 2 amide bonds. The Morgan fingerprint density at radius 3 is 2.27 bits per heavy atom. The van der Waals surface area contributed by atoms with Crippen molar-refractivity contribution in [3.63, 3.8) is 0 Å². The van der Waals surface area contributed by atoms with Crippen molar-refractivity contribution in [3.05, 3.63) is 29.8 Å². The molecule has 1 aliphatic heterocycles. The summed E-state index contributed by atoms with van der Waals surface area (Å²) in [4.78, 5) is 14.5. The summed E-state index contributed by atoms with van der Waals surface area (Å²) in [7, 11) is 0. The van der Waals surface area contributed by atoms with Crippen LogP contribution in [0.1, 0.15) is 56.9 Å². The first-order valence-corrected chi connectivity index (χ1v) is 10.2. The van der Waals surface area contributed by atoms with Crippen LogP contribution in [-0.2, 0) is 6.54 Å². The van der Waals surface area contributed by atoms with Gasteiger partial charge in [0.05, 0.1) is 0 Å². The largest absolute Gasteiger partial charge is 0.396 e. The van der Waals surface area contributed by atoms with Gasteiger partial charge in [0.15, 0.2) is 0 Å². The molecule has 5 nitrogen and oxygen atoms in total. The van der Waals surface area contributed by atoms with Crippen LogP contribution in [0.3, 0.4) is 0 Å². The van der Waals surface area contributed by atoms with E-state index in [-0.39, 0.29) is 6.03 Å². The van der Waals surface area contributed by atoms with Crippen molar-refractivity contribution in [2.75, 3.05) is 24.6 Å². The standard InChI is InChI=1S/C21H33N3O2/c25-16-18-11-13-24(14-12-18)20-9-7-17(8-10-20)15-22-21(26)23-19-5-3-1-2-4-6-19/h7-10,18-19,25H,1-6,11-16H2,(H2,22,23,26). The fourth-order valence-electron chi connectivity index (χ4n) is 4.04. The monoisotopic (exact) mass is 359 g/mol. The zero-order valence-corrected chi connectivity index (χ0v) is 15.8. The molecule has 1 aromatic rings. The molecule has 1 aliphatic carbocycles. The number of piperidine rings is 1. The number of carbonyl (C=O) groups is 1. The number of hydrogen-bond donors (Lipinski definition) is 3. The third-order valence-electron chi connectivity index (χ3n) is 5.82. The molecule has 3 N–H and O–H groups in total. The molecule has 0 radical (unpaired) electrons. The van der Waals surface area contributed by atoms with E-state index in [9.17, 15) is 9.90 Å². The maximum Gasteiger partial charge on any atom is 0.315 e. The molecule has 0 bridgehead atoms. The van der Waals surface area contributed by atoms with Crippen molar-refractivity contribution >= 4 is 11.7 Å². The highest BCUT2D eigenvalue weighted by atomic mass is 16.3. The lowest BCUT2D eigenvalue weighted by molar-refractivity contribution is 0.203. The highest BCUT2D eigenvalue weighted by molar-refractivity contribution is 5.74. The smallest absolute Gasteiger partial charge is 0.315 e. The van der Waals surface area contributed by atoms with E-state index in [0.29, 0.717) is 25.1 Å². The fraction of sp³-hybridized carbons (Fsp3) is 0.667. The normalized spacial score (nSPS) is 19.8. The second-order valence-electron chi connectivity index (χ2n) is 7.79. The molecule has 0 atom stereocenters. The van der Waals surface area contributed by atoms with E-state index in [1.807, 2.05) is 0 Å². The number of nitrogens with zero attached hydrogens (tertiary/aromatic N) is 1. The first kappa shape index (κ1) is 19.0. The Labute approximate surface area is 157 Å². The number of aliphatic hydroxyl groups is 1. The minimum Gasteiger partial charge on any atom is -0.396 e. The lowest BCUT2D eigenvalue weighted by Gasteiger charge is -2.33. The summed E-state index contributed by atoms with van der Waals surface area (Å²) in [6, 6.07) is 8.76. The van der Waals surface area contributed by atoms with Crippen LogP contribution in [-0.4, -0.2) is 36.9 Å². The molecule has 0 aromatic heterocycles. The minimum absolute atomic E-state index is 0.0490. The Morgan fingerprint density at radius 1 is 1.00 bits per heavy atom. The van der Waals surface area contributed by atoms with Gasteiger partial charge in [-0.05, 0) is 49.3 Å². The zero-order chi connectivity index (χ0) is 18.2. The van der Waals surface area contributed by atoms with Crippen molar-refractivity contribution < 1.29 is 9.90 Å². The lowest BCUT2D eigenvalue weighted by Crippen LogP contribution is -2.41. The average Bonchev–Trinajstić information content (AvgIpc) is 2.95. The minimum atomic E-state index is -0.0490. The van der Waals surface area contributed by atoms with Crippen molar-refractivity contribution in [1.29, 1.82) is 0 Å². The number of aliphatic hydroxyl groups excluding tert-OH is 1. The predicted octanol–water partition coefficient (Wildman–Crippen LogP) is 3.42. The number of amides is 2. The fourth-order valence-corrected chi connectivity index (χ4v) is 4.04. The van der Waals surface area contributed by atoms with Crippen LogP contribution < -0.4 is 15.5 Å². The van der Waals surface area contributed by atoms with E-state index in [0.717, 1.165) is 44.3 Å². The zero-order valence-electron chi connectivity index (χ0n) is 15.8. The summed E-state index contributed by atoms with van der Waals surface area (Å²) in [6.45, 7) is 2.88. The van der Waals surface area contributed by atoms with Crippen LogP contribution >= 0.6 is 0 Å². The van der Waals surface area contributed by atoms with Crippen LogP contribution in [0.5, 0.6) is 0 Å². The van der Waals surface area contributed by atoms with Crippen molar-refractivity contribution in [2.45, 2.75) is 64.0 Å². The summed E-state index contributed by atoms with van der Waals surface area (Å²) >= 11 is 0. The van der Waals surface area contributed by atoms with Crippen LogP contribution in [0.15, 0.2) is 24.3 Å². The van der Waals surface area contributed by atoms with Crippen molar-refractivity contribution in [1.82, 2.24) is 10.6 Å². The Morgan fingerprint density at radius 2 is 1.65 bits per heavy atom. The summed E-state index contributed by atoms with van der Waals surface area (Å²) < 4.78 is 0. The van der Waals surface area contributed by atoms with Gasteiger partial charge in [0.2, 0.25) is 0 Å². The van der Waals surface area contributed by atoms with Crippen LogP contribution in [0.4, 0.5) is 10.5 Å². The topological polar surface area (TPSA) is 64.6 Å². The number of anilines is 1. The number of carbonyl (C=O) groups excluding carboxylic acids is 1. The van der Waals surface area contributed by atoms with Gasteiger partial charge in [-0.15, -0.1) is 0 Å². The number of hydrogen-bond acceptors (Lipinski definition) is 3. The van der Waals surface area contributed by atoms with E-state index in [1.54, 1.807) is 0 Å². The second-order valence-corrected chi connectivity index (χ2v) is 7.79. The highest BCUT2D eigenvalue weighted by Crippen LogP contribution is 2.23. The molecular formula is C21H33N3O2. The second kappa shape index (κ2) is 9.81. The summed E-state index contributed by atoms with van der Waals surface area (Å²) in [5.74, 6) is 0.460. The molecule has 1 saturated carbocycles. The number of rotatable bonds is 5. The third-order valence-corrected chi connectivity index (χ3v) is 5.82. The molecule has 1 aromatic carbocycles. The van der Waals surface area contributed by atoms with E-state index >= 15 is 0 Å². The van der Waals surface area contributed by atoms with Gasteiger partial charge in [-0.25, -0.2) is 4.79 Å². The molecular weight excluding hydrogens is 326 g/mol. The molecule has 2 aliphatic rings. The van der Waals surface area contributed by atoms with Crippen LogP contribution in [0, 0.1) is 5.92 Å². The van der Waals surface area contributed by atoms with E-state index < -0.39 is 0 Å². The molecule has 144 valence electrons. The Balaban J connectivity index is 1.42. The van der Waals surface area contributed by atoms with E-state index in [4.69, 9.17) is 0 Å². The SMILES string of the molecule is O=C(NCc1ccc(N2CCC(CO)CC2)cc1)NC1CCCCCC1. The van der Waals surface area contributed by atoms with E-state index in [1.165, 1.54) is 31.4 Å². The summed E-state index contributed by atoms with van der Waals surface area (Å²) in [6.07, 6.45) is 9.37. The quantitative estimate of drug-likeness (QED) is 0.706. The first-order chi connectivity index (χ1) is 12.7. The van der Waals surface area contributed by atoms with Gasteiger partial charge in [0.1, 0.15) is 0 Å². The Kier molecular flexibility index (Phi) is 7.18. The van der Waals surface area contributed by atoms with Gasteiger partial charge in [-0.1, -0.05) is 37.8 Å². The molecule has 5 heteroatoms. The molecule has 0 unspecified atom stereocenters. The van der Waals surface area contributed by atoms with Gasteiger partial charge >= 0.3 is 6.03 Å². The summed E-state index contributed by atoms with van der Waals surface area (Å²) in [5, 5.41) is 15.4. The maximum absolute atomic E-state index is 12.1. The average molecular weight is 360 g/mol. The van der Waals surface area contributed by atoms with Crippen LogP contribution in [0.25, 0.3) is 0 Å². The Bertz CT molecular complexity index is 545. The lowest BCUT2D eigenvalue weighted by atomic mass is 9.97. The maximum atomic E-state index is 12.1. The summed E-state index contributed by atoms with van der Waals surface area (Å²) in [5.41, 5.74) is 2.35. The Hall–Kier alpha value is -1.75. The van der Waals surface area contributed by atoms with Gasteiger partial charge in [-0.3, -0.25) is 0 Å². The third kappa shape index (κ3) is 5.63. The van der Waals surface area contributed by atoms with Gasteiger partial charge in [0, 0.05) is 38.0 Å². The molecule has 0 spiro atoms. The van der Waals surface area contributed by atoms with Gasteiger partial charge < -0.3 is 20.6 Å². The number of urea groups is 1. The molecule has 2 fully saturated rings. The molecule has 3 rings (SSSR count). The van der Waals surface area contributed by atoms with Gasteiger partial charge in [0.25, 0.3) is 0 Å². The molecule has 1 saturated heterocycles. The van der Waals surface area contributed by atoms with E-state index in [2.05, 4.69) is 39.8 Å². The highest BCUT2D eigenvalue weighted by Gasteiger charge is 2.18. The first-order valence-electron chi connectivity index (χ1n) is 10.2. The molecule has 1 heterocycles. The van der Waals surface area contributed by atoms with Crippen LogP contribution in [0.2, 0.25) is 0 Å². The predicted molar refractivity (Wildman–Crippen MR) is 105 cm³/mol. The van der Waals surface area contributed by atoms with Crippen molar-refractivity contribution in [2.24, 2.45) is 5.92 Å². The number of benzene rings is 1.